The molecule has 0 radical (unpaired) electrons. The number of anilines is 1. The molecule has 1 aromatic rings. The quantitative estimate of drug-likeness (QED) is 0.822. The molecule has 17 heavy (non-hydrogen) atoms. The summed E-state index contributed by atoms with van der Waals surface area (Å²) in [6.07, 6.45) is 0. The molecule has 0 aliphatic carbocycles. The molecule has 0 atom stereocenters. The number of carboxylic acid groups (broad SMARTS) is 1. The monoisotopic (exact) mass is 237 g/mol. The average molecular weight is 237 g/mol. The van der Waals surface area contributed by atoms with Gasteiger partial charge in [0.2, 0.25) is 0 Å². The van der Waals surface area contributed by atoms with E-state index in [2.05, 4.69) is 0 Å². The van der Waals surface area contributed by atoms with E-state index in [0.717, 1.165) is 12.2 Å². The summed E-state index contributed by atoms with van der Waals surface area (Å²) in [4.78, 5) is 12.7. The van der Waals surface area contributed by atoms with Gasteiger partial charge in [-0.25, -0.2) is 4.79 Å². The van der Waals surface area contributed by atoms with E-state index in [4.69, 9.17) is 5.11 Å². The Labute approximate surface area is 101 Å². The highest BCUT2D eigenvalue weighted by molar-refractivity contribution is 5.88. The Bertz CT molecular complexity index is 379. The second kappa shape index (κ2) is 5.19. The number of carbonyl (C=O) groups is 1. The summed E-state index contributed by atoms with van der Waals surface area (Å²) in [5, 5.41) is 18.6. The summed E-state index contributed by atoms with van der Waals surface area (Å²) in [6.45, 7) is 6.77. The first-order chi connectivity index (χ1) is 7.83. The van der Waals surface area contributed by atoms with E-state index in [9.17, 15) is 9.90 Å². The number of hydrogen-bond acceptors (Lipinski definition) is 3. The van der Waals surface area contributed by atoms with Crippen LogP contribution in [0.5, 0.6) is 0 Å². The Kier molecular flexibility index (Phi) is 4.12. The minimum Gasteiger partial charge on any atom is -0.478 e. The van der Waals surface area contributed by atoms with Gasteiger partial charge in [0.15, 0.2) is 0 Å². The van der Waals surface area contributed by atoms with Gasteiger partial charge in [-0.15, -0.1) is 0 Å². The van der Waals surface area contributed by atoms with Gasteiger partial charge in [0.25, 0.3) is 0 Å². The molecule has 0 bridgehead atoms. The molecule has 0 spiro atoms. The summed E-state index contributed by atoms with van der Waals surface area (Å²) >= 11 is 0. The topological polar surface area (TPSA) is 60.8 Å². The van der Waals surface area contributed by atoms with Crippen LogP contribution in [0.3, 0.4) is 0 Å². The van der Waals surface area contributed by atoms with Crippen molar-refractivity contribution in [1.29, 1.82) is 0 Å². The van der Waals surface area contributed by atoms with Gasteiger partial charge in [-0.2, -0.15) is 0 Å². The standard InChI is InChI=1S/C13H19NO3/c1-4-14(9-13(2,3)17)11-7-5-10(6-8-11)12(15)16/h5-8,17H,4,9H2,1-3H3,(H,15,16). The molecule has 1 aromatic carbocycles. The zero-order valence-electron chi connectivity index (χ0n) is 10.5. The Morgan fingerprint density at radius 1 is 1.29 bits per heavy atom. The van der Waals surface area contributed by atoms with E-state index in [0.29, 0.717) is 6.54 Å². The van der Waals surface area contributed by atoms with Crippen LogP contribution in [-0.4, -0.2) is 34.9 Å². The molecular formula is C13H19NO3. The molecule has 0 aliphatic heterocycles. The molecule has 0 unspecified atom stereocenters. The van der Waals surface area contributed by atoms with Crippen LogP contribution in [0.25, 0.3) is 0 Å². The van der Waals surface area contributed by atoms with Crippen molar-refractivity contribution in [2.45, 2.75) is 26.4 Å². The molecule has 0 saturated carbocycles. The summed E-state index contributed by atoms with van der Waals surface area (Å²) in [5.74, 6) is -0.929. The van der Waals surface area contributed by atoms with Crippen LogP contribution in [-0.2, 0) is 0 Å². The SMILES string of the molecule is CCN(CC(C)(C)O)c1ccc(C(=O)O)cc1. The van der Waals surface area contributed by atoms with Crippen LogP contribution in [0.1, 0.15) is 31.1 Å². The number of aromatic carboxylic acids is 1. The Balaban J connectivity index is 2.86. The Hall–Kier alpha value is -1.55. The molecule has 4 heteroatoms. The van der Waals surface area contributed by atoms with Crippen molar-refractivity contribution in [2.75, 3.05) is 18.0 Å². The van der Waals surface area contributed by atoms with Gasteiger partial charge in [-0.05, 0) is 45.0 Å². The predicted molar refractivity (Wildman–Crippen MR) is 67.6 cm³/mol. The first kappa shape index (κ1) is 13.5. The molecule has 0 heterocycles. The lowest BCUT2D eigenvalue weighted by molar-refractivity contribution is 0.0696. The summed E-state index contributed by atoms with van der Waals surface area (Å²) in [5.41, 5.74) is 0.411. The highest BCUT2D eigenvalue weighted by atomic mass is 16.4. The van der Waals surface area contributed by atoms with Gasteiger partial charge < -0.3 is 15.1 Å². The maximum absolute atomic E-state index is 10.7. The fraction of sp³-hybridized carbons (Fsp3) is 0.462. The molecule has 0 fully saturated rings. The first-order valence-electron chi connectivity index (χ1n) is 5.64. The Morgan fingerprint density at radius 3 is 2.18 bits per heavy atom. The average Bonchev–Trinajstić information content (AvgIpc) is 2.25. The number of aliphatic hydroxyl groups is 1. The maximum atomic E-state index is 10.7. The fourth-order valence-electron chi connectivity index (χ4n) is 1.67. The Morgan fingerprint density at radius 2 is 1.82 bits per heavy atom. The third-order valence-corrected chi connectivity index (χ3v) is 2.44. The van der Waals surface area contributed by atoms with Crippen LogP contribution in [0.2, 0.25) is 0 Å². The highest BCUT2D eigenvalue weighted by Crippen LogP contribution is 2.17. The van der Waals surface area contributed by atoms with Crippen molar-refractivity contribution in [3.63, 3.8) is 0 Å². The molecule has 0 saturated heterocycles. The third kappa shape index (κ3) is 4.07. The smallest absolute Gasteiger partial charge is 0.335 e. The minimum atomic E-state index is -0.929. The number of rotatable bonds is 5. The molecule has 4 nitrogen and oxygen atoms in total. The van der Waals surface area contributed by atoms with Gasteiger partial charge >= 0.3 is 5.97 Å². The van der Waals surface area contributed by atoms with Crippen LogP contribution < -0.4 is 4.90 Å². The lowest BCUT2D eigenvalue weighted by atomic mass is 10.1. The lowest BCUT2D eigenvalue weighted by Gasteiger charge is -2.29. The molecule has 1 rings (SSSR count). The summed E-state index contributed by atoms with van der Waals surface area (Å²) < 4.78 is 0. The minimum absolute atomic E-state index is 0.271. The van der Waals surface area contributed by atoms with E-state index in [1.807, 2.05) is 11.8 Å². The summed E-state index contributed by atoms with van der Waals surface area (Å²) in [6, 6.07) is 6.67. The van der Waals surface area contributed by atoms with Gasteiger partial charge in [-0.3, -0.25) is 0 Å². The molecular weight excluding hydrogens is 218 g/mol. The van der Waals surface area contributed by atoms with Gasteiger partial charge in [0.05, 0.1) is 11.2 Å². The van der Waals surface area contributed by atoms with Crippen LogP contribution in [0, 0.1) is 0 Å². The summed E-state index contributed by atoms with van der Waals surface area (Å²) in [7, 11) is 0. The van der Waals surface area contributed by atoms with E-state index >= 15 is 0 Å². The number of carboxylic acids is 1. The number of nitrogens with zero attached hydrogens (tertiary/aromatic N) is 1. The van der Waals surface area contributed by atoms with Gasteiger partial charge in [0.1, 0.15) is 0 Å². The fourth-order valence-corrected chi connectivity index (χ4v) is 1.67. The molecule has 0 amide bonds. The van der Waals surface area contributed by atoms with Crippen LogP contribution in [0.4, 0.5) is 5.69 Å². The lowest BCUT2D eigenvalue weighted by Crippen LogP contribution is -2.38. The molecule has 0 aromatic heterocycles. The van der Waals surface area contributed by atoms with E-state index in [-0.39, 0.29) is 5.56 Å². The largest absolute Gasteiger partial charge is 0.478 e. The number of likely N-dealkylation sites (N-methyl/N-ethyl adjacent to an activating group) is 1. The number of benzene rings is 1. The van der Waals surface area contributed by atoms with Crippen molar-refractivity contribution in [1.82, 2.24) is 0 Å². The van der Waals surface area contributed by atoms with Crippen molar-refractivity contribution < 1.29 is 15.0 Å². The zero-order chi connectivity index (χ0) is 13.1. The maximum Gasteiger partial charge on any atom is 0.335 e. The van der Waals surface area contributed by atoms with E-state index in [1.165, 1.54) is 0 Å². The van der Waals surface area contributed by atoms with E-state index in [1.54, 1.807) is 38.1 Å². The molecule has 0 aliphatic rings. The second-order valence-corrected chi connectivity index (χ2v) is 4.68. The molecule has 2 N–H and O–H groups in total. The number of hydrogen-bond donors (Lipinski definition) is 2. The highest BCUT2D eigenvalue weighted by Gasteiger charge is 2.17. The van der Waals surface area contributed by atoms with Gasteiger partial charge in [0, 0.05) is 18.8 Å². The van der Waals surface area contributed by atoms with Crippen molar-refractivity contribution in [3.8, 4) is 0 Å². The van der Waals surface area contributed by atoms with Crippen molar-refractivity contribution >= 4 is 11.7 Å². The predicted octanol–water partition coefficient (Wildman–Crippen LogP) is 1.98. The van der Waals surface area contributed by atoms with Crippen LogP contribution in [0.15, 0.2) is 24.3 Å². The third-order valence-electron chi connectivity index (χ3n) is 2.44. The van der Waals surface area contributed by atoms with Gasteiger partial charge in [-0.1, -0.05) is 0 Å². The molecule has 94 valence electrons. The van der Waals surface area contributed by atoms with Crippen LogP contribution >= 0.6 is 0 Å². The van der Waals surface area contributed by atoms with Crippen molar-refractivity contribution in [2.24, 2.45) is 0 Å². The van der Waals surface area contributed by atoms with Crippen molar-refractivity contribution in [3.05, 3.63) is 29.8 Å². The first-order valence-corrected chi connectivity index (χ1v) is 5.64. The second-order valence-electron chi connectivity index (χ2n) is 4.68. The normalized spacial score (nSPS) is 11.3. The van der Waals surface area contributed by atoms with E-state index < -0.39 is 11.6 Å². The zero-order valence-corrected chi connectivity index (χ0v) is 10.5.